The fourth-order valence-corrected chi connectivity index (χ4v) is 2.93. The van der Waals surface area contributed by atoms with Crippen LogP contribution in [0.2, 0.25) is 0 Å². The third-order valence-electron chi connectivity index (χ3n) is 2.71. The Hall–Kier alpha value is -2.30. The smallest absolute Gasteiger partial charge is 0.262 e. The Morgan fingerprint density at radius 3 is 2.81 bits per heavy atom. The molecule has 2 N–H and O–H groups in total. The van der Waals surface area contributed by atoms with Crippen LogP contribution in [0.4, 0.5) is 5.69 Å². The standard InChI is InChI=1S/C14H15N3O3S/c1-11-14(10-17(2)15-11)16-21(19,20)13-7-3-5-12(9-13)6-4-8-18/h3,5,7,9-10,16,18H,8H2,1-2H3. The van der Waals surface area contributed by atoms with E-state index in [-0.39, 0.29) is 11.5 Å². The molecule has 1 aromatic carbocycles. The highest BCUT2D eigenvalue weighted by Gasteiger charge is 2.16. The van der Waals surface area contributed by atoms with E-state index in [4.69, 9.17) is 5.11 Å². The van der Waals surface area contributed by atoms with Crippen molar-refractivity contribution in [1.82, 2.24) is 9.78 Å². The molecule has 0 radical (unpaired) electrons. The molecule has 21 heavy (non-hydrogen) atoms. The van der Waals surface area contributed by atoms with Crippen LogP contribution in [0.3, 0.4) is 0 Å². The van der Waals surface area contributed by atoms with E-state index >= 15 is 0 Å². The van der Waals surface area contributed by atoms with Crippen LogP contribution >= 0.6 is 0 Å². The predicted octanol–water partition coefficient (Wildman–Crippen LogP) is 0.873. The third-order valence-corrected chi connectivity index (χ3v) is 4.08. The summed E-state index contributed by atoms with van der Waals surface area (Å²) in [5, 5.41) is 12.8. The first-order chi connectivity index (χ1) is 9.92. The summed E-state index contributed by atoms with van der Waals surface area (Å²) in [4.78, 5) is 0.107. The lowest BCUT2D eigenvalue weighted by Gasteiger charge is -2.07. The second kappa shape index (κ2) is 5.99. The quantitative estimate of drug-likeness (QED) is 0.824. The van der Waals surface area contributed by atoms with E-state index in [0.29, 0.717) is 16.9 Å². The minimum Gasteiger partial charge on any atom is -0.384 e. The molecular weight excluding hydrogens is 290 g/mol. The van der Waals surface area contributed by atoms with Crippen molar-refractivity contribution >= 4 is 15.7 Å². The topological polar surface area (TPSA) is 84.2 Å². The van der Waals surface area contributed by atoms with Crippen molar-refractivity contribution in [3.63, 3.8) is 0 Å². The number of rotatable bonds is 3. The largest absolute Gasteiger partial charge is 0.384 e. The Kier molecular flexibility index (Phi) is 4.31. The number of aliphatic hydroxyl groups is 1. The second-order valence-corrected chi connectivity index (χ2v) is 6.08. The zero-order chi connectivity index (χ0) is 15.5. The lowest BCUT2D eigenvalue weighted by atomic mass is 10.2. The molecule has 2 aromatic rings. The van der Waals surface area contributed by atoms with Crippen molar-refractivity contribution in [3.8, 4) is 11.8 Å². The molecular formula is C14H15N3O3S. The van der Waals surface area contributed by atoms with E-state index in [9.17, 15) is 8.42 Å². The molecule has 0 aliphatic heterocycles. The summed E-state index contributed by atoms with van der Waals surface area (Å²) in [7, 11) is -1.99. The molecule has 0 saturated heterocycles. The molecule has 0 atom stereocenters. The number of hydrogen-bond donors (Lipinski definition) is 2. The van der Waals surface area contributed by atoms with E-state index < -0.39 is 10.0 Å². The maximum absolute atomic E-state index is 12.3. The normalized spacial score (nSPS) is 10.8. The van der Waals surface area contributed by atoms with Gasteiger partial charge in [-0.05, 0) is 25.1 Å². The molecule has 1 aromatic heterocycles. The van der Waals surface area contributed by atoms with Gasteiger partial charge in [0.05, 0.1) is 16.3 Å². The van der Waals surface area contributed by atoms with Crippen LogP contribution in [0.5, 0.6) is 0 Å². The summed E-state index contributed by atoms with van der Waals surface area (Å²) < 4.78 is 28.7. The fourth-order valence-electron chi connectivity index (χ4n) is 1.79. The van der Waals surface area contributed by atoms with E-state index in [2.05, 4.69) is 21.7 Å². The summed E-state index contributed by atoms with van der Waals surface area (Å²) in [6.07, 6.45) is 1.60. The lowest BCUT2D eigenvalue weighted by molar-refractivity contribution is 0.350. The number of aliphatic hydroxyl groups excluding tert-OH is 1. The molecule has 110 valence electrons. The average molecular weight is 305 g/mol. The summed E-state index contributed by atoms with van der Waals surface area (Å²) in [5.74, 6) is 5.16. The van der Waals surface area contributed by atoms with E-state index in [0.717, 1.165) is 0 Å². The number of aryl methyl sites for hydroxylation is 2. The number of nitrogens with one attached hydrogen (secondary N) is 1. The minimum absolute atomic E-state index is 0.107. The van der Waals surface area contributed by atoms with Gasteiger partial charge < -0.3 is 5.11 Å². The van der Waals surface area contributed by atoms with E-state index in [1.165, 1.54) is 16.8 Å². The van der Waals surface area contributed by atoms with E-state index in [1.807, 2.05) is 0 Å². The molecule has 0 aliphatic carbocycles. The zero-order valence-electron chi connectivity index (χ0n) is 11.7. The van der Waals surface area contributed by atoms with Crippen LogP contribution in [0.15, 0.2) is 35.4 Å². The Balaban J connectivity index is 2.33. The number of hydrogen-bond acceptors (Lipinski definition) is 4. The molecule has 6 nitrogen and oxygen atoms in total. The van der Waals surface area contributed by atoms with Gasteiger partial charge in [0.1, 0.15) is 6.61 Å². The minimum atomic E-state index is -3.70. The number of anilines is 1. The summed E-state index contributed by atoms with van der Waals surface area (Å²) in [6, 6.07) is 6.22. The Morgan fingerprint density at radius 2 is 2.19 bits per heavy atom. The van der Waals surface area contributed by atoms with Crippen LogP contribution in [0.1, 0.15) is 11.3 Å². The molecule has 1 heterocycles. The van der Waals surface area contributed by atoms with Gasteiger partial charge in [0.15, 0.2) is 0 Å². The highest BCUT2D eigenvalue weighted by atomic mass is 32.2. The number of benzene rings is 1. The highest BCUT2D eigenvalue weighted by Crippen LogP contribution is 2.19. The van der Waals surface area contributed by atoms with Crippen molar-refractivity contribution in [2.45, 2.75) is 11.8 Å². The highest BCUT2D eigenvalue weighted by molar-refractivity contribution is 7.92. The molecule has 0 bridgehead atoms. The molecule has 7 heteroatoms. The van der Waals surface area contributed by atoms with E-state index in [1.54, 1.807) is 32.3 Å². The van der Waals surface area contributed by atoms with Crippen molar-refractivity contribution in [2.24, 2.45) is 7.05 Å². The van der Waals surface area contributed by atoms with Gasteiger partial charge >= 0.3 is 0 Å². The van der Waals surface area contributed by atoms with Crippen molar-refractivity contribution < 1.29 is 13.5 Å². The Labute approximate surface area is 123 Å². The Morgan fingerprint density at radius 1 is 1.43 bits per heavy atom. The van der Waals surface area contributed by atoms with Gasteiger partial charge in [-0.25, -0.2) is 8.42 Å². The molecule has 0 aliphatic rings. The predicted molar refractivity (Wildman–Crippen MR) is 79.2 cm³/mol. The maximum Gasteiger partial charge on any atom is 0.262 e. The van der Waals surface area contributed by atoms with Gasteiger partial charge in [-0.3, -0.25) is 9.40 Å². The summed E-state index contributed by atoms with van der Waals surface area (Å²) in [6.45, 7) is 1.45. The zero-order valence-corrected chi connectivity index (χ0v) is 12.5. The summed E-state index contributed by atoms with van der Waals surface area (Å²) >= 11 is 0. The molecule has 0 amide bonds. The molecule has 0 unspecified atom stereocenters. The van der Waals surface area contributed by atoms with Gasteiger partial charge in [0, 0.05) is 18.8 Å². The van der Waals surface area contributed by atoms with Gasteiger partial charge in [-0.2, -0.15) is 5.10 Å². The number of sulfonamides is 1. The number of nitrogens with zero attached hydrogens (tertiary/aromatic N) is 2. The first-order valence-corrected chi connectivity index (χ1v) is 7.63. The monoisotopic (exact) mass is 305 g/mol. The van der Waals surface area contributed by atoms with Gasteiger partial charge in [0.25, 0.3) is 10.0 Å². The average Bonchev–Trinajstić information content (AvgIpc) is 2.74. The SMILES string of the molecule is Cc1nn(C)cc1NS(=O)(=O)c1cccc(C#CCO)c1. The first-order valence-electron chi connectivity index (χ1n) is 6.15. The van der Waals surface area contributed by atoms with Crippen LogP contribution in [-0.2, 0) is 17.1 Å². The van der Waals surface area contributed by atoms with Crippen LogP contribution in [0, 0.1) is 18.8 Å². The molecule has 0 spiro atoms. The molecule has 0 saturated carbocycles. The maximum atomic E-state index is 12.3. The summed E-state index contributed by atoms with van der Waals surface area (Å²) in [5.41, 5.74) is 1.55. The van der Waals surface area contributed by atoms with Crippen LogP contribution in [0.25, 0.3) is 0 Å². The van der Waals surface area contributed by atoms with Crippen LogP contribution < -0.4 is 4.72 Å². The third kappa shape index (κ3) is 3.62. The van der Waals surface area contributed by atoms with Crippen molar-refractivity contribution in [2.75, 3.05) is 11.3 Å². The lowest BCUT2D eigenvalue weighted by Crippen LogP contribution is -2.13. The fraction of sp³-hybridized carbons (Fsp3) is 0.214. The van der Waals surface area contributed by atoms with Gasteiger partial charge in [0.2, 0.25) is 0 Å². The first kappa shape index (κ1) is 15.1. The van der Waals surface area contributed by atoms with Crippen LogP contribution in [-0.4, -0.2) is 29.9 Å². The number of aromatic nitrogens is 2. The molecule has 2 rings (SSSR count). The van der Waals surface area contributed by atoms with Gasteiger partial charge in [-0.15, -0.1) is 0 Å². The van der Waals surface area contributed by atoms with Crippen molar-refractivity contribution in [3.05, 3.63) is 41.7 Å². The Bertz CT molecular complexity index is 813. The van der Waals surface area contributed by atoms with Crippen molar-refractivity contribution in [1.29, 1.82) is 0 Å². The molecule has 0 fully saturated rings. The van der Waals surface area contributed by atoms with Gasteiger partial charge in [-0.1, -0.05) is 17.9 Å². The second-order valence-electron chi connectivity index (χ2n) is 4.40.